The van der Waals surface area contributed by atoms with E-state index in [1.54, 1.807) is 6.20 Å². The van der Waals surface area contributed by atoms with Gasteiger partial charge in [-0.2, -0.15) is 5.26 Å². The van der Waals surface area contributed by atoms with Crippen molar-refractivity contribution in [3.8, 4) is 6.07 Å². The average molecular weight is 284 g/mol. The molecule has 2 aromatic heterocycles. The number of nitriles is 1. The van der Waals surface area contributed by atoms with E-state index in [1.165, 1.54) is 19.2 Å². The number of anilines is 1. The molecule has 0 radical (unpaired) electrons. The van der Waals surface area contributed by atoms with Crippen molar-refractivity contribution in [3.63, 3.8) is 0 Å². The number of nitrogens with one attached hydrogen (secondary N) is 2. The van der Waals surface area contributed by atoms with Gasteiger partial charge in [-0.05, 0) is 39.8 Å². The Balaban J connectivity index is 1.77. The number of hydrogen-bond acceptors (Lipinski definition) is 5. The molecule has 110 valence electrons. The predicted molar refractivity (Wildman–Crippen MR) is 82.0 cm³/mol. The maximum Gasteiger partial charge on any atom is 0.144 e. The Kier molecular flexibility index (Phi) is 3.76. The van der Waals surface area contributed by atoms with Gasteiger partial charge >= 0.3 is 0 Å². The molecule has 1 fully saturated rings. The highest BCUT2D eigenvalue weighted by atomic mass is 15.1. The minimum atomic E-state index is 0.417. The van der Waals surface area contributed by atoms with Crippen LogP contribution in [0.2, 0.25) is 0 Å². The maximum absolute atomic E-state index is 9.19. The van der Waals surface area contributed by atoms with Crippen molar-refractivity contribution in [2.45, 2.75) is 37.8 Å². The Morgan fingerprint density at radius 2 is 2.05 bits per heavy atom. The van der Waals surface area contributed by atoms with Gasteiger partial charge in [-0.15, -0.1) is 0 Å². The van der Waals surface area contributed by atoms with Gasteiger partial charge in [0.25, 0.3) is 0 Å². The van der Waals surface area contributed by atoms with Crippen LogP contribution in [0, 0.1) is 11.3 Å². The van der Waals surface area contributed by atoms with Crippen molar-refractivity contribution < 1.29 is 0 Å². The smallest absolute Gasteiger partial charge is 0.144 e. The van der Waals surface area contributed by atoms with Gasteiger partial charge in [-0.25, -0.2) is 9.97 Å². The Labute approximate surface area is 124 Å². The highest BCUT2D eigenvalue weighted by molar-refractivity contribution is 5.92. The summed E-state index contributed by atoms with van der Waals surface area (Å²) in [6.07, 6.45) is 7.86. The van der Waals surface area contributed by atoms with Crippen LogP contribution in [0.3, 0.4) is 0 Å². The van der Waals surface area contributed by atoms with E-state index in [2.05, 4.69) is 45.3 Å². The van der Waals surface area contributed by atoms with Crippen molar-refractivity contribution in [1.82, 2.24) is 19.9 Å². The van der Waals surface area contributed by atoms with Gasteiger partial charge in [0.05, 0.1) is 10.9 Å². The first-order valence-corrected chi connectivity index (χ1v) is 7.34. The fourth-order valence-electron chi connectivity index (χ4n) is 3.09. The number of nitrogens with zero attached hydrogens (tertiary/aromatic N) is 4. The molecule has 0 aromatic carbocycles. The van der Waals surface area contributed by atoms with Crippen molar-refractivity contribution >= 4 is 16.9 Å². The molecule has 2 heterocycles. The molecule has 0 unspecified atom stereocenters. The van der Waals surface area contributed by atoms with E-state index in [9.17, 15) is 5.26 Å². The van der Waals surface area contributed by atoms with E-state index in [0.29, 0.717) is 23.3 Å². The van der Waals surface area contributed by atoms with E-state index in [4.69, 9.17) is 0 Å². The summed E-state index contributed by atoms with van der Waals surface area (Å²) in [5.74, 6) is 0.770. The fraction of sp³-hybridized carbons (Fsp3) is 0.533. The first-order valence-electron chi connectivity index (χ1n) is 7.34. The van der Waals surface area contributed by atoms with Gasteiger partial charge in [-0.1, -0.05) is 0 Å². The van der Waals surface area contributed by atoms with Gasteiger partial charge in [0, 0.05) is 18.3 Å². The molecule has 6 heteroatoms. The summed E-state index contributed by atoms with van der Waals surface area (Å²) in [7, 11) is 4.29. The van der Waals surface area contributed by atoms with Crippen LogP contribution in [0.15, 0.2) is 12.5 Å². The molecule has 0 aliphatic heterocycles. The Bertz CT molecular complexity index is 660. The van der Waals surface area contributed by atoms with Crippen LogP contribution < -0.4 is 5.32 Å². The Morgan fingerprint density at radius 3 is 2.71 bits per heavy atom. The summed E-state index contributed by atoms with van der Waals surface area (Å²) >= 11 is 0. The van der Waals surface area contributed by atoms with Crippen LogP contribution in [0.4, 0.5) is 5.82 Å². The second kappa shape index (κ2) is 5.70. The van der Waals surface area contributed by atoms with Crippen LogP contribution in [0.1, 0.15) is 31.2 Å². The normalized spacial score (nSPS) is 22.4. The lowest BCUT2D eigenvalue weighted by Crippen LogP contribution is -2.36. The predicted octanol–water partition coefficient (Wildman–Crippen LogP) is 2.11. The lowest BCUT2D eigenvalue weighted by atomic mass is 9.90. The van der Waals surface area contributed by atoms with E-state index >= 15 is 0 Å². The zero-order chi connectivity index (χ0) is 14.8. The van der Waals surface area contributed by atoms with Gasteiger partial charge < -0.3 is 15.2 Å². The minimum Gasteiger partial charge on any atom is -0.367 e. The van der Waals surface area contributed by atoms with E-state index < -0.39 is 0 Å². The molecule has 1 aliphatic rings. The summed E-state index contributed by atoms with van der Waals surface area (Å²) in [6.45, 7) is 0. The van der Waals surface area contributed by atoms with Gasteiger partial charge in [0.1, 0.15) is 23.9 Å². The Hall–Kier alpha value is -2.13. The summed E-state index contributed by atoms with van der Waals surface area (Å²) in [5.41, 5.74) is 1.31. The second-order valence-corrected chi connectivity index (χ2v) is 5.87. The summed E-state index contributed by atoms with van der Waals surface area (Å²) in [6, 6.07) is 3.29. The molecule has 21 heavy (non-hydrogen) atoms. The summed E-state index contributed by atoms with van der Waals surface area (Å²) < 4.78 is 0. The minimum absolute atomic E-state index is 0.417. The molecule has 2 aromatic rings. The molecule has 2 N–H and O–H groups in total. The van der Waals surface area contributed by atoms with Gasteiger partial charge in [0.15, 0.2) is 0 Å². The van der Waals surface area contributed by atoms with Crippen LogP contribution in [-0.2, 0) is 0 Å². The highest BCUT2D eigenvalue weighted by Crippen LogP contribution is 2.27. The lowest BCUT2D eigenvalue weighted by molar-refractivity contribution is 0.221. The molecule has 0 saturated heterocycles. The number of H-pyrrole nitrogens is 1. The van der Waals surface area contributed by atoms with Gasteiger partial charge in [0.2, 0.25) is 0 Å². The molecular formula is C15H20N6. The number of fused-ring (bicyclic) bond motifs is 1. The second-order valence-electron chi connectivity index (χ2n) is 5.87. The molecule has 0 amide bonds. The molecule has 0 atom stereocenters. The summed E-state index contributed by atoms with van der Waals surface area (Å²) in [5, 5.41) is 13.5. The number of hydrogen-bond donors (Lipinski definition) is 2. The quantitative estimate of drug-likeness (QED) is 0.902. The van der Waals surface area contributed by atoms with Crippen LogP contribution >= 0.6 is 0 Å². The molecule has 1 saturated carbocycles. The third-order valence-electron chi connectivity index (χ3n) is 4.36. The molecule has 0 spiro atoms. The van der Waals surface area contributed by atoms with Crippen LogP contribution in [0.25, 0.3) is 11.0 Å². The zero-order valence-electron chi connectivity index (χ0n) is 12.4. The summed E-state index contributed by atoms with van der Waals surface area (Å²) in [4.78, 5) is 13.8. The Morgan fingerprint density at radius 1 is 1.29 bits per heavy atom. The standard InChI is InChI=1S/C15H20N6/c1-21(2)12-5-3-11(4-6-12)20-15-13-10(7-16)8-17-14(13)18-9-19-15/h8-9,11-12H,3-6H2,1-2H3,(H2,17,18,19,20)/t11-,12-. The number of rotatable bonds is 3. The molecule has 3 rings (SSSR count). The van der Waals surface area contributed by atoms with Crippen molar-refractivity contribution in [1.29, 1.82) is 5.26 Å². The molecule has 1 aliphatic carbocycles. The van der Waals surface area contributed by atoms with E-state index in [-0.39, 0.29) is 0 Å². The van der Waals surface area contributed by atoms with Crippen molar-refractivity contribution in [2.24, 2.45) is 0 Å². The SMILES string of the molecule is CN(C)[C@H]1CC[C@H](Nc2ncnc3[nH]cc(C#N)c23)CC1. The maximum atomic E-state index is 9.19. The third-order valence-corrected chi connectivity index (χ3v) is 4.36. The first-order chi connectivity index (χ1) is 10.2. The molecule has 6 nitrogen and oxygen atoms in total. The zero-order valence-corrected chi connectivity index (χ0v) is 12.4. The molecular weight excluding hydrogens is 264 g/mol. The molecule has 0 bridgehead atoms. The van der Waals surface area contributed by atoms with Crippen molar-refractivity contribution in [3.05, 3.63) is 18.1 Å². The topological polar surface area (TPSA) is 80.6 Å². The van der Waals surface area contributed by atoms with Gasteiger partial charge in [-0.3, -0.25) is 0 Å². The van der Waals surface area contributed by atoms with E-state index in [0.717, 1.165) is 24.0 Å². The van der Waals surface area contributed by atoms with Crippen LogP contribution in [0.5, 0.6) is 0 Å². The first kappa shape index (κ1) is 13.8. The number of aromatic nitrogens is 3. The lowest BCUT2D eigenvalue weighted by Gasteiger charge is -2.33. The van der Waals surface area contributed by atoms with Crippen LogP contribution in [-0.4, -0.2) is 46.0 Å². The fourth-order valence-corrected chi connectivity index (χ4v) is 3.09. The van der Waals surface area contributed by atoms with Crippen molar-refractivity contribution in [2.75, 3.05) is 19.4 Å². The average Bonchev–Trinajstić information content (AvgIpc) is 2.92. The highest BCUT2D eigenvalue weighted by Gasteiger charge is 2.23. The number of aromatic amines is 1. The third kappa shape index (κ3) is 2.69. The largest absolute Gasteiger partial charge is 0.367 e. The monoisotopic (exact) mass is 284 g/mol. The van der Waals surface area contributed by atoms with E-state index in [1.807, 2.05) is 0 Å².